The Kier molecular flexibility index (Phi) is 7.14. The molecule has 0 saturated carbocycles. The van der Waals surface area contributed by atoms with Gasteiger partial charge in [-0.3, -0.25) is 9.69 Å². The molecule has 4 rings (SSSR count). The van der Waals surface area contributed by atoms with E-state index in [1.54, 1.807) is 0 Å². The number of anilines is 2. The summed E-state index contributed by atoms with van der Waals surface area (Å²) in [5, 5.41) is 0. The van der Waals surface area contributed by atoms with E-state index in [2.05, 4.69) is 86.3 Å². The highest BCUT2D eigenvalue weighted by Gasteiger charge is 2.30. The third-order valence-corrected chi connectivity index (χ3v) is 6.61. The second-order valence-corrected chi connectivity index (χ2v) is 9.44. The van der Waals surface area contributed by atoms with Gasteiger partial charge in [-0.05, 0) is 68.7 Å². The predicted molar refractivity (Wildman–Crippen MR) is 138 cm³/mol. The molecule has 4 nitrogen and oxygen atoms in total. The van der Waals surface area contributed by atoms with Gasteiger partial charge < -0.3 is 9.80 Å². The fraction of sp³-hybridized carbons (Fsp3) is 0.345. The van der Waals surface area contributed by atoms with Crippen molar-refractivity contribution in [3.63, 3.8) is 0 Å². The summed E-state index contributed by atoms with van der Waals surface area (Å²) in [7, 11) is 4.13. The maximum Gasteiger partial charge on any atom is 0.258 e. The van der Waals surface area contributed by atoms with Crippen molar-refractivity contribution < 1.29 is 4.79 Å². The average Bonchev–Trinajstić information content (AvgIpc) is 2.82. The number of carbonyl (C=O) groups excluding carboxylic acids is 1. The van der Waals surface area contributed by atoms with Crippen molar-refractivity contribution in [2.45, 2.75) is 39.3 Å². The van der Waals surface area contributed by atoms with Crippen LogP contribution in [0.5, 0.6) is 0 Å². The van der Waals surface area contributed by atoms with Crippen LogP contribution in [-0.4, -0.2) is 44.0 Å². The number of amides is 1. The largest absolute Gasteiger partial charge is 0.378 e. The number of carbonyl (C=O) groups is 1. The van der Waals surface area contributed by atoms with Crippen LogP contribution in [0.2, 0.25) is 0 Å². The van der Waals surface area contributed by atoms with E-state index in [1.165, 1.54) is 22.4 Å². The van der Waals surface area contributed by atoms with Gasteiger partial charge in [-0.25, -0.2) is 0 Å². The van der Waals surface area contributed by atoms with Crippen molar-refractivity contribution in [2.75, 3.05) is 37.0 Å². The van der Waals surface area contributed by atoms with E-state index >= 15 is 0 Å². The zero-order valence-corrected chi connectivity index (χ0v) is 20.3. The lowest BCUT2D eigenvalue weighted by atomic mass is 9.99. The summed E-state index contributed by atoms with van der Waals surface area (Å²) < 4.78 is 0. The van der Waals surface area contributed by atoms with Crippen LogP contribution < -0.4 is 9.80 Å². The number of piperidine rings is 1. The molecule has 0 aromatic heterocycles. The van der Waals surface area contributed by atoms with Gasteiger partial charge in [-0.15, -0.1) is 0 Å². The van der Waals surface area contributed by atoms with E-state index in [0.717, 1.165) is 43.7 Å². The average molecular weight is 442 g/mol. The van der Waals surface area contributed by atoms with Gasteiger partial charge >= 0.3 is 0 Å². The fourth-order valence-corrected chi connectivity index (χ4v) is 4.53. The molecule has 172 valence electrons. The number of likely N-dealkylation sites (tertiary alicyclic amines) is 1. The third-order valence-electron chi connectivity index (χ3n) is 6.61. The van der Waals surface area contributed by atoms with Crippen LogP contribution in [0.25, 0.3) is 0 Å². The molecule has 1 amide bonds. The second kappa shape index (κ2) is 10.2. The van der Waals surface area contributed by atoms with Gasteiger partial charge in [0, 0.05) is 56.7 Å². The number of rotatable bonds is 6. The van der Waals surface area contributed by atoms with Crippen molar-refractivity contribution in [1.29, 1.82) is 0 Å². The summed E-state index contributed by atoms with van der Waals surface area (Å²) in [6.45, 7) is 7.07. The van der Waals surface area contributed by atoms with Crippen LogP contribution in [0.3, 0.4) is 0 Å². The predicted octanol–water partition coefficient (Wildman–Crippen LogP) is 5.68. The summed E-state index contributed by atoms with van der Waals surface area (Å²) in [6, 6.07) is 25.3. The second-order valence-electron chi connectivity index (χ2n) is 9.44. The topological polar surface area (TPSA) is 26.8 Å². The number of hydrogen-bond acceptors (Lipinski definition) is 3. The molecule has 0 N–H and O–H groups in total. The lowest BCUT2D eigenvalue weighted by Gasteiger charge is -2.39. The van der Waals surface area contributed by atoms with Gasteiger partial charge in [0.15, 0.2) is 0 Å². The van der Waals surface area contributed by atoms with Gasteiger partial charge in [-0.1, -0.05) is 47.5 Å². The Morgan fingerprint density at radius 1 is 0.788 bits per heavy atom. The molecule has 0 atom stereocenters. The fourth-order valence-electron chi connectivity index (χ4n) is 4.53. The Bertz CT molecular complexity index is 1050. The first kappa shape index (κ1) is 23.1. The number of aryl methyl sites for hydroxylation is 2. The van der Waals surface area contributed by atoms with Crippen LogP contribution in [-0.2, 0) is 6.54 Å². The molecule has 1 heterocycles. The van der Waals surface area contributed by atoms with Gasteiger partial charge in [0.05, 0.1) is 0 Å². The summed E-state index contributed by atoms with van der Waals surface area (Å²) in [5.41, 5.74) is 6.68. The molecule has 4 heteroatoms. The van der Waals surface area contributed by atoms with Crippen LogP contribution in [0.1, 0.15) is 39.9 Å². The lowest BCUT2D eigenvalue weighted by Crippen LogP contribution is -2.47. The van der Waals surface area contributed by atoms with Gasteiger partial charge in [0.25, 0.3) is 5.91 Å². The van der Waals surface area contributed by atoms with E-state index in [9.17, 15) is 4.79 Å². The Labute approximate surface area is 198 Å². The maximum atomic E-state index is 13.6. The number of benzene rings is 3. The SMILES string of the molecule is Cc1ccc(C(=O)N(c2ccc(C)cc2)C2CCN(Cc3ccc(N(C)C)cc3)CC2)cc1. The molecule has 1 fully saturated rings. The first-order chi connectivity index (χ1) is 15.9. The molecule has 0 spiro atoms. The Morgan fingerprint density at radius 3 is 1.85 bits per heavy atom. The first-order valence-corrected chi connectivity index (χ1v) is 11.9. The minimum Gasteiger partial charge on any atom is -0.378 e. The van der Waals surface area contributed by atoms with Crippen molar-refractivity contribution in [2.24, 2.45) is 0 Å². The Balaban J connectivity index is 1.47. The summed E-state index contributed by atoms with van der Waals surface area (Å²) >= 11 is 0. The van der Waals surface area contributed by atoms with E-state index in [-0.39, 0.29) is 11.9 Å². The summed E-state index contributed by atoms with van der Waals surface area (Å²) in [5.74, 6) is 0.0941. The van der Waals surface area contributed by atoms with E-state index in [1.807, 2.05) is 29.2 Å². The molecule has 0 radical (unpaired) electrons. The van der Waals surface area contributed by atoms with E-state index < -0.39 is 0 Å². The lowest BCUT2D eigenvalue weighted by molar-refractivity contribution is 0.0958. The summed E-state index contributed by atoms with van der Waals surface area (Å²) in [4.78, 5) is 20.3. The van der Waals surface area contributed by atoms with Crippen molar-refractivity contribution in [1.82, 2.24) is 4.90 Å². The van der Waals surface area contributed by atoms with Crippen LogP contribution >= 0.6 is 0 Å². The van der Waals surface area contributed by atoms with Crippen molar-refractivity contribution in [3.05, 3.63) is 95.1 Å². The number of nitrogens with zero attached hydrogens (tertiary/aromatic N) is 3. The molecule has 3 aromatic carbocycles. The monoisotopic (exact) mass is 441 g/mol. The first-order valence-electron chi connectivity index (χ1n) is 11.9. The highest BCUT2D eigenvalue weighted by molar-refractivity contribution is 6.06. The normalized spacial score (nSPS) is 14.8. The van der Waals surface area contributed by atoms with Crippen LogP contribution in [0.15, 0.2) is 72.8 Å². The molecule has 3 aromatic rings. The molecular weight excluding hydrogens is 406 g/mol. The van der Waals surface area contributed by atoms with E-state index in [0.29, 0.717) is 0 Å². The number of hydrogen-bond donors (Lipinski definition) is 0. The highest BCUT2D eigenvalue weighted by Crippen LogP contribution is 2.27. The van der Waals surface area contributed by atoms with Crippen molar-refractivity contribution >= 4 is 17.3 Å². The highest BCUT2D eigenvalue weighted by atomic mass is 16.2. The third kappa shape index (κ3) is 5.63. The molecule has 33 heavy (non-hydrogen) atoms. The van der Waals surface area contributed by atoms with E-state index in [4.69, 9.17) is 0 Å². The standard InChI is InChI=1S/C29H35N3O/c1-22-5-11-25(12-6-22)29(33)32(27-13-7-23(2)8-14-27)28-17-19-31(20-18-28)21-24-9-15-26(16-10-24)30(3)4/h5-16,28H,17-21H2,1-4H3. The molecule has 0 aliphatic carbocycles. The van der Waals surface area contributed by atoms with Crippen LogP contribution in [0, 0.1) is 13.8 Å². The smallest absolute Gasteiger partial charge is 0.258 e. The van der Waals surface area contributed by atoms with Gasteiger partial charge in [0.1, 0.15) is 0 Å². The van der Waals surface area contributed by atoms with Crippen molar-refractivity contribution in [3.8, 4) is 0 Å². The van der Waals surface area contributed by atoms with Crippen LogP contribution in [0.4, 0.5) is 11.4 Å². The zero-order valence-electron chi connectivity index (χ0n) is 20.3. The molecule has 0 bridgehead atoms. The molecule has 0 unspecified atom stereocenters. The maximum absolute atomic E-state index is 13.6. The van der Waals surface area contributed by atoms with Gasteiger partial charge in [0.2, 0.25) is 0 Å². The molecule has 1 saturated heterocycles. The minimum absolute atomic E-state index is 0.0941. The van der Waals surface area contributed by atoms with Gasteiger partial charge in [-0.2, -0.15) is 0 Å². The minimum atomic E-state index is 0.0941. The summed E-state index contributed by atoms with van der Waals surface area (Å²) in [6.07, 6.45) is 1.95. The Hall–Kier alpha value is -3.11. The molecule has 1 aliphatic rings. The zero-order chi connectivity index (χ0) is 23.4. The molecular formula is C29H35N3O. The molecule has 1 aliphatic heterocycles. The quantitative estimate of drug-likeness (QED) is 0.492. The Morgan fingerprint density at radius 2 is 1.30 bits per heavy atom.